The number of hydrogen-bond acceptors (Lipinski definition) is 2. The number of aryl methyl sites for hydroxylation is 2. The molecule has 0 aromatic heterocycles. The molecule has 1 fully saturated rings. The molecule has 2 aliphatic rings. The quantitative estimate of drug-likeness (QED) is 0.863. The average Bonchev–Trinajstić information content (AvgIpc) is 2.82. The predicted octanol–water partition coefficient (Wildman–Crippen LogP) is 3.28. The van der Waals surface area contributed by atoms with Gasteiger partial charge in [0, 0.05) is 0 Å². The highest BCUT2D eigenvalue weighted by atomic mass is 16.2. The second-order valence-corrected chi connectivity index (χ2v) is 6.66. The van der Waals surface area contributed by atoms with Gasteiger partial charge in [0.2, 0.25) is 0 Å². The Balaban J connectivity index is 1.71. The first-order valence-electron chi connectivity index (χ1n) is 8.39. The van der Waals surface area contributed by atoms with Crippen LogP contribution in [0.5, 0.6) is 0 Å². The van der Waals surface area contributed by atoms with Gasteiger partial charge in [-0.1, -0.05) is 48.5 Å². The van der Waals surface area contributed by atoms with Crippen molar-refractivity contribution in [2.45, 2.75) is 38.3 Å². The van der Waals surface area contributed by atoms with Crippen LogP contribution in [0.15, 0.2) is 48.5 Å². The number of amides is 3. The fourth-order valence-corrected chi connectivity index (χ4v) is 3.91. The summed E-state index contributed by atoms with van der Waals surface area (Å²) >= 11 is 0. The zero-order valence-electron chi connectivity index (χ0n) is 13.7. The summed E-state index contributed by atoms with van der Waals surface area (Å²) in [6, 6.07) is 15.5. The van der Waals surface area contributed by atoms with Crippen LogP contribution >= 0.6 is 0 Å². The minimum Gasteiger partial charge on any atom is -0.319 e. The maximum atomic E-state index is 13.2. The summed E-state index contributed by atoms with van der Waals surface area (Å²) in [5, 5.41) is 3.00. The minimum absolute atomic E-state index is 0.122. The van der Waals surface area contributed by atoms with Crippen LogP contribution < -0.4 is 5.32 Å². The van der Waals surface area contributed by atoms with Gasteiger partial charge in [-0.2, -0.15) is 0 Å². The van der Waals surface area contributed by atoms with E-state index in [1.807, 2.05) is 49.4 Å². The molecular formula is C20H20N2O2. The molecule has 0 bridgehead atoms. The maximum absolute atomic E-state index is 13.2. The molecule has 1 aliphatic heterocycles. The number of benzene rings is 2. The zero-order valence-corrected chi connectivity index (χ0v) is 13.7. The molecular weight excluding hydrogens is 300 g/mol. The Hall–Kier alpha value is -2.62. The lowest BCUT2D eigenvalue weighted by molar-refractivity contribution is -0.132. The van der Waals surface area contributed by atoms with Gasteiger partial charge in [0.25, 0.3) is 5.91 Å². The van der Waals surface area contributed by atoms with Crippen LogP contribution in [0.3, 0.4) is 0 Å². The number of nitrogens with zero attached hydrogens (tertiary/aromatic N) is 1. The number of imide groups is 1. The first-order valence-corrected chi connectivity index (χ1v) is 8.39. The van der Waals surface area contributed by atoms with Crippen molar-refractivity contribution in [2.75, 3.05) is 0 Å². The first kappa shape index (κ1) is 14.9. The highest BCUT2D eigenvalue weighted by Crippen LogP contribution is 2.40. The number of carbonyl (C=O) groups excluding carboxylic acids is 2. The lowest BCUT2D eigenvalue weighted by Gasteiger charge is -2.33. The summed E-state index contributed by atoms with van der Waals surface area (Å²) in [5.74, 6) is -0.122. The monoisotopic (exact) mass is 320 g/mol. The van der Waals surface area contributed by atoms with Gasteiger partial charge >= 0.3 is 6.03 Å². The van der Waals surface area contributed by atoms with Crippen molar-refractivity contribution in [1.82, 2.24) is 10.2 Å². The van der Waals surface area contributed by atoms with E-state index in [-0.39, 0.29) is 11.9 Å². The summed E-state index contributed by atoms with van der Waals surface area (Å²) in [6.07, 6.45) is 2.53. The summed E-state index contributed by atoms with van der Waals surface area (Å²) in [4.78, 5) is 27.2. The van der Waals surface area contributed by atoms with E-state index in [4.69, 9.17) is 0 Å². The third-order valence-electron chi connectivity index (χ3n) is 5.24. The van der Waals surface area contributed by atoms with Crippen molar-refractivity contribution in [1.29, 1.82) is 0 Å². The van der Waals surface area contributed by atoms with E-state index >= 15 is 0 Å². The third kappa shape index (κ3) is 2.13. The maximum Gasteiger partial charge on any atom is 0.325 e. The van der Waals surface area contributed by atoms with Gasteiger partial charge < -0.3 is 5.32 Å². The van der Waals surface area contributed by atoms with E-state index in [1.54, 1.807) is 0 Å². The summed E-state index contributed by atoms with van der Waals surface area (Å²) < 4.78 is 0. The molecule has 4 rings (SSSR count). The van der Waals surface area contributed by atoms with E-state index in [2.05, 4.69) is 11.4 Å². The van der Waals surface area contributed by atoms with Crippen molar-refractivity contribution >= 4 is 11.9 Å². The normalized spacial score (nSPS) is 22.6. The molecule has 0 radical (unpaired) electrons. The van der Waals surface area contributed by atoms with Crippen LogP contribution in [0.2, 0.25) is 0 Å². The topological polar surface area (TPSA) is 49.4 Å². The molecule has 3 amide bonds. The van der Waals surface area contributed by atoms with Crippen LogP contribution in [0.25, 0.3) is 0 Å². The summed E-state index contributed by atoms with van der Waals surface area (Å²) in [7, 11) is 0. The molecule has 2 aromatic carbocycles. The molecule has 4 nitrogen and oxygen atoms in total. The highest BCUT2D eigenvalue weighted by molar-refractivity contribution is 6.07. The average molecular weight is 320 g/mol. The van der Waals surface area contributed by atoms with Gasteiger partial charge in [0.1, 0.15) is 5.54 Å². The summed E-state index contributed by atoms with van der Waals surface area (Å²) in [5.41, 5.74) is 3.33. The predicted molar refractivity (Wildman–Crippen MR) is 91.3 cm³/mol. The number of carbonyl (C=O) groups is 2. The van der Waals surface area contributed by atoms with Crippen molar-refractivity contribution in [3.05, 3.63) is 70.8 Å². The Morgan fingerprint density at radius 3 is 2.67 bits per heavy atom. The van der Waals surface area contributed by atoms with Crippen molar-refractivity contribution < 1.29 is 9.59 Å². The number of fused-ring (bicyclic) bond motifs is 2. The van der Waals surface area contributed by atoms with E-state index in [0.29, 0.717) is 13.0 Å². The van der Waals surface area contributed by atoms with Crippen LogP contribution in [-0.4, -0.2) is 16.8 Å². The molecule has 1 aliphatic carbocycles. The molecule has 4 heteroatoms. The van der Waals surface area contributed by atoms with Crippen LogP contribution in [-0.2, 0) is 23.3 Å². The summed E-state index contributed by atoms with van der Waals surface area (Å²) in [6.45, 7) is 2.32. The fourth-order valence-electron chi connectivity index (χ4n) is 3.91. The van der Waals surface area contributed by atoms with Crippen molar-refractivity contribution in [2.24, 2.45) is 0 Å². The van der Waals surface area contributed by atoms with Crippen LogP contribution in [0.4, 0.5) is 4.79 Å². The number of urea groups is 1. The molecule has 1 atom stereocenters. The Labute approximate surface area is 141 Å². The van der Waals surface area contributed by atoms with Gasteiger partial charge in [0.05, 0.1) is 6.54 Å². The van der Waals surface area contributed by atoms with Gasteiger partial charge in [-0.05, 0) is 48.4 Å². The zero-order chi connectivity index (χ0) is 16.7. The molecule has 24 heavy (non-hydrogen) atoms. The Morgan fingerprint density at radius 2 is 1.83 bits per heavy atom. The molecule has 0 saturated carbocycles. The van der Waals surface area contributed by atoms with Gasteiger partial charge in [-0.25, -0.2) is 4.79 Å². The molecule has 1 unspecified atom stereocenters. The Kier molecular flexibility index (Phi) is 3.41. The number of nitrogens with one attached hydrogen (secondary N) is 1. The lowest BCUT2D eigenvalue weighted by Crippen LogP contribution is -2.46. The highest BCUT2D eigenvalue weighted by Gasteiger charge is 2.53. The SMILES string of the molecule is Cc1ccccc1CN1C(=O)NC2(CCCc3ccccc32)C1=O. The smallest absolute Gasteiger partial charge is 0.319 e. The molecule has 1 heterocycles. The number of hydrogen-bond donors (Lipinski definition) is 1. The Morgan fingerprint density at radius 1 is 1.08 bits per heavy atom. The van der Waals surface area contributed by atoms with Crippen molar-refractivity contribution in [3.63, 3.8) is 0 Å². The molecule has 1 spiro atoms. The first-order chi connectivity index (χ1) is 11.6. The minimum atomic E-state index is -0.880. The largest absolute Gasteiger partial charge is 0.325 e. The molecule has 122 valence electrons. The van der Waals surface area contributed by atoms with Crippen LogP contribution in [0.1, 0.15) is 35.1 Å². The van der Waals surface area contributed by atoms with E-state index < -0.39 is 5.54 Å². The molecule has 1 N–H and O–H groups in total. The molecule has 1 saturated heterocycles. The second-order valence-electron chi connectivity index (χ2n) is 6.66. The van der Waals surface area contributed by atoms with Gasteiger partial charge in [-0.15, -0.1) is 0 Å². The Bertz CT molecular complexity index is 830. The van der Waals surface area contributed by atoms with E-state index in [1.165, 1.54) is 4.90 Å². The second kappa shape index (κ2) is 5.48. The van der Waals surface area contributed by atoms with E-state index in [9.17, 15) is 9.59 Å². The number of rotatable bonds is 2. The van der Waals surface area contributed by atoms with Crippen LogP contribution in [0, 0.1) is 6.92 Å². The van der Waals surface area contributed by atoms with Gasteiger partial charge in [0.15, 0.2) is 0 Å². The van der Waals surface area contributed by atoms with Crippen molar-refractivity contribution in [3.8, 4) is 0 Å². The standard InChI is InChI=1S/C20H20N2O2/c1-14-7-2-3-9-16(14)13-22-18(23)20(21-19(22)24)12-6-10-15-8-4-5-11-17(15)20/h2-5,7-9,11H,6,10,12-13H2,1H3,(H,21,24). The fraction of sp³-hybridized carbons (Fsp3) is 0.300. The van der Waals surface area contributed by atoms with E-state index in [0.717, 1.165) is 35.1 Å². The third-order valence-corrected chi connectivity index (χ3v) is 5.24. The lowest BCUT2D eigenvalue weighted by atomic mass is 9.76. The molecule has 2 aromatic rings. The van der Waals surface area contributed by atoms with Gasteiger partial charge in [-0.3, -0.25) is 9.69 Å².